The first kappa shape index (κ1) is 17.5. The number of nitrogens with one attached hydrogen (secondary N) is 2. The first-order valence-electron chi connectivity index (χ1n) is 9.37. The van der Waals surface area contributed by atoms with Gasteiger partial charge in [0.2, 0.25) is 0 Å². The van der Waals surface area contributed by atoms with Crippen molar-refractivity contribution in [1.29, 1.82) is 0 Å². The summed E-state index contributed by atoms with van der Waals surface area (Å²) in [6.45, 7) is 6.03. The van der Waals surface area contributed by atoms with Gasteiger partial charge in [-0.3, -0.25) is 14.6 Å². The molecule has 2 N–H and O–H groups in total. The first-order chi connectivity index (χ1) is 12.9. The van der Waals surface area contributed by atoms with Crippen LogP contribution in [0, 0.1) is 26.7 Å². The van der Waals surface area contributed by atoms with Crippen molar-refractivity contribution < 1.29 is 4.79 Å². The van der Waals surface area contributed by atoms with Gasteiger partial charge in [0.25, 0.3) is 5.91 Å². The van der Waals surface area contributed by atoms with E-state index in [1.807, 2.05) is 31.6 Å². The van der Waals surface area contributed by atoms with E-state index in [1.165, 1.54) is 5.56 Å². The van der Waals surface area contributed by atoms with Gasteiger partial charge in [0.1, 0.15) is 5.69 Å². The van der Waals surface area contributed by atoms with Crippen molar-refractivity contribution in [2.24, 2.45) is 13.0 Å². The third-order valence-corrected chi connectivity index (χ3v) is 5.40. The van der Waals surface area contributed by atoms with Crippen molar-refractivity contribution in [3.8, 4) is 11.3 Å². The maximum absolute atomic E-state index is 12.8. The van der Waals surface area contributed by atoms with Gasteiger partial charge in [-0.15, -0.1) is 0 Å². The molecule has 0 saturated heterocycles. The van der Waals surface area contributed by atoms with Crippen LogP contribution in [0.2, 0.25) is 0 Å². The van der Waals surface area contributed by atoms with E-state index in [9.17, 15) is 4.79 Å². The minimum absolute atomic E-state index is 0.0479. The quantitative estimate of drug-likeness (QED) is 0.727. The van der Waals surface area contributed by atoms with Crippen molar-refractivity contribution in [1.82, 2.24) is 25.3 Å². The van der Waals surface area contributed by atoms with Crippen LogP contribution in [0.3, 0.4) is 0 Å². The summed E-state index contributed by atoms with van der Waals surface area (Å²) >= 11 is 0. The van der Waals surface area contributed by atoms with Gasteiger partial charge in [-0.1, -0.05) is 29.8 Å². The maximum Gasteiger partial charge on any atom is 0.269 e. The van der Waals surface area contributed by atoms with E-state index < -0.39 is 0 Å². The van der Waals surface area contributed by atoms with E-state index in [1.54, 1.807) is 0 Å². The zero-order valence-corrected chi connectivity index (χ0v) is 16.2. The van der Waals surface area contributed by atoms with E-state index in [-0.39, 0.29) is 11.9 Å². The maximum atomic E-state index is 12.8. The molecule has 1 atom stereocenters. The molecule has 1 aliphatic carbocycles. The summed E-state index contributed by atoms with van der Waals surface area (Å²) in [5.74, 6) is 0.396. The fourth-order valence-electron chi connectivity index (χ4n) is 3.61. The Hall–Kier alpha value is -2.89. The molecule has 1 amide bonds. The Morgan fingerprint density at radius 2 is 1.93 bits per heavy atom. The molecule has 1 aliphatic rings. The van der Waals surface area contributed by atoms with Crippen LogP contribution in [0.1, 0.15) is 51.9 Å². The molecule has 6 heteroatoms. The lowest BCUT2D eigenvalue weighted by atomic mass is 10.0. The second-order valence-corrected chi connectivity index (χ2v) is 7.54. The lowest BCUT2D eigenvalue weighted by Crippen LogP contribution is -2.30. The van der Waals surface area contributed by atoms with Crippen molar-refractivity contribution in [3.05, 3.63) is 58.5 Å². The highest BCUT2D eigenvalue weighted by Crippen LogP contribution is 2.41. The fourth-order valence-corrected chi connectivity index (χ4v) is 3.61. The SMILES string of the molecule is Cc1ccc(C(NC(=O)c2cc(-c3c(C)nn(C)c3C)n[nH]2)C2CC2)cc1. The van der Waals surface area contributed by atoms with Crippen molar-refractivity contribution in [3.63, 3.8) is 0 Å². The van der Waals surface area contributed by atoms with Gasteiger partial charge in [0.15, 0.2) is 0 Å². The second kappa shape index (κ2) is 6.68. The highest BCUT2D eigenvalue weighted by atomic mass is 16.2. The molecule has 0 radical (unpaired) electrons. The number of aromatic nitrogens is 4. The number of hydrogen-bond acceptors (Lipinski definition) is 3. The molecular weight excluding hydrogens is 338 g/mol. The molecule has 6 nitrogen and oxygen atoms in total. The predicted octanol–water partition coefficient (Wildman–Crippen LogP) is 3.62. The molecule has 1 aromatic carbocycles. The van der Waals surface area contributed by atoms with E-state index >= 15 is 0 Å². The Morgan fingerprint density at radius 1 is 1.22 bits per heavy atom. The largest absolute Gasteiger partial charge is 0.344 e. The van der Waals surface area contributed by atoms with Crippen LogP contribution >= 0.6 is 0 Å². The number of hydrogen-bond donors (Lipinski definition) is 2. The van der Waals surface area contributed by atoms with Gasteiger partial charge in [-0.2, -0.15) is 10.2 Å². The number of aryl methyl sites for hydroxylation is 3. The predicted molar refractivity (Wildman–Crippen MR) is 104 cm³/mol. The van der Waals surface area contributed by atoms with Crippen LogP contribution in [-0.4, -0.2) is 25.9 Å². The number of rotatable bonds is 5. The molecule has 1 unspecified atom stereocenters. The topological polar surface area (TPSA) is 75.6 Å². The van der Waals surface area contributed by atoms with Crippen LogP contribution < -0.4 is 5.32 Å². The average Bonchev–Trinajstić information content (AvgIpc) is 3.31. The van der Waals surface area contributed by atoms with Gasteiger partial charge < -0.3 is 5.32 Å². The average molecular weight is 363 g/mol. The number of amides is 1. The summed E-state index contributed by atoms with van der Waals surface area (Å²) in [7, 11) is 1.91. The molecule has 2 aromatic heterocycles. The number of carbonyl (C=O) groups is 1. The number of H-pyrrole nitrogens is 1. The zero-order chi connectivity index (χ0) is 19.1. The Labute approximate surface area is 159 Å². The van der Waals surface area contributed by atoms with Gasteiger partial charge in [-0.25, -0.2) is 0 Å². The minimum atomic E-state index is -0.120. The number of carbonyl (C=O) groups excluding carboxylic acids is 1. The molecule has 0 bridgehead atoms. The van der Waals surface area contributed by atoms with Gasteiger partial charge in [0, 0.05) is 18.3 Å². The lowest BCUT2D eigenvalue weighted by Gasteiger charge is -2.18. The third kappa shape index (κ3) is 3.39. The summed E-state index contributed by atoms with van der Waals surface area (Å²) in [5, 5.41) is 14.9. The first-order valence-corrected chi connectivity index (χ1v) is 9.37. The van der Waals surface area contributed by atoms with E-state index in [4.69, 9.17) is 0 Å². The van der Waals surface area contributed by atoms with E-state index in [2.05, 4.69) is 51.8 Å². The van der Waals surface area contributed by atoms with Crippen molar-refractivity contribution in [2.45, 2.75) is 39.7 Å². The molecule has 3 aromatic rings. The zero-order valence-electron chi connectivity index (χ0n) is 16.2. The summed E-state index contributed by atoms with van der Waals surface area (Å²) in [5.41, 5.74) is 6.53. The van der Waals surface area contributed by atoms with E-state index in [0.29, 0.717) is 11.6 Å². The number of aromatic amines is 1. The van der Waals surface area contributed by atoms with Gasteiger partial charge in [0.05, 0.1) is 17.4 Å². The molecule has 0 spiro atoms. The summed E-state index contributed by atoms with van der Waals surface area (Å²) in [4.78, 5) is 12.8. The van der Waals surface area contributed by atoms with Crippen LogP contribution in [0.4, 0.5) is 0 Å². The third-order valence-electron chi connectivity index (χ3n) is 5.40. The van der Waals surface area contributed by atoms with Crippen molar-refractivity contribution >= 4 is 5.91 Å². The minimum Gasteiger partial charge on any atom is -0.344 e. The van der Waals surface area contributed by atoms with Crippen LogP contribution in [0.15, 0.2) is 30.3 Å². The molecule has 0 aliphatic heterocycles. The Morgan fingerprint density at radius 3 is 2.52 bits per heavy atom. The molecular formula is C21H25N5O. The Balaban J connectivity index is 1.56. The number of nitrogens with zero attached hydrogens (tertiary/aromatic N) is 3. The molecule has 1 fully saturated rings. The molecule has 4 rings (SSSR count). The highest BCUT2D eigenvalue weighted by Gasteiger charge is 2.34. The highest BCUT2D eigenvalue weighted by molar-refractivity contribution is 5.93. The summed E-state index contributed by atoms with van der Waals surface area (Å²) < 4.78 is 1.83. The molecule has 27 heavy (non-hydrogen) atoms. The van der Waals surface area contributed by atoms with Crippen LogP contribution in [0.5, 0.6) is 0 Å². The lowest BCUT2D eigenvalue weighted by molar-refractivity contribution is 0.0926. The van der Waals surface area contributed by atoms with Crippen LogP contribution in [-0.2, 0) is 7.05 Å². The molecule has 1 saturated carbocycles. The van der Waals surface area contributed by atoms with Gasteiger partial charge in [-0.05, 0) is 51.2 Å². The molecule has 140 valence electrons. The summed E-state index contributed by atoms with van der Waals surface area (Å²) in [6.07, 6.45) is 2.31. The van der Waals surface area contributed by atoms with Gasteiger partial charge >= 0.3 is 0 Å². The summed E-state index contributed by atoms with van der Waals surface area (Å²) in [6, 6.07) is 10.3. The molecule has 2 heterocycles. The Bertz CT molecular complexity index is 979. The number of benzene rings is 1. The van der Waals surface area contributed by atoms with Crippen LogP contribution in [0.25, 0.3) is 11.3 Å². The monoisotopic (exact) mass is 363 g/mol. The van der Waals surface area contributed by atoms with E-state index in [0.717, 1.165) is 41.1 Å². The smallest absolute Gasteiger partial charge is 0.269 e. The normalized spacial score (nSPS) is 15.0. The standard InChI is InChI=1S/C21H25N5O/c1-12-5-7-15(8-6-12)20(16-9-10-16)22-21(27)18-11-17(23-24-18)19-13(2)25-26(4)14(19)3/h5-8,11,16,20H,9-10H2,1-4H3,(H,22,27)(H,23,24). The Kier molecular flexibility index (Phi) is 4.34. The second-order valence-electron chi connectivity index (χ2n) is 7.54. The fraction of sp³-hybridized carbons (Fsp3) is 0.381. The van der Waals surface area contributed by atoms with Crippen molar-refractivity contribution in [2.75, 3.05) is 0 Å².